The molecule has 2 aliphatic carbocycles. The van der Waals surface area contributed by atoms with E-state index in [2.05, 4.69) is 6.08 Å². The van der Waals surface area contributed by atoms with Crippen LogP contribution in [-0.4, -0.2) is 5.78 Å². The molecule has 1 nitrogen and oxygen atoms in total. The molecule has 0 heterocycles. The van der Waals surface area contributed by atoms with Gasteiger partial charge in [0.05, 0.1) is 0 Å². The molecule has 2 rings (SSSR count). The molecule has 0 spiro atoms. The Morgan fingerprint density at radius 3 is 2.70 bits per heavy atom. The summed E-state index contributed by atoms with van der Waals surface area (Å²) in [6.45, 7) is 0. The third-order valence-electron chi connectivity index (χ3n) is 2.48. The van der Waals surface area contributed by atoms with Gasteiger partial charge in [0.2, 0.25) is 0 Å². The Balaban J connectivity index is 2.05. The van der Waals surface area contributed by atoms with E-state index in [1.165, 1.54) is 12.8 Å². The number of allylic oxidation sites excluding steroid dienone is 2. The van der Waals surface area contributed by atoms with E-state index in [1.54, 1.807) is 0 Å². The summed E-state index contributed by atoms with van der Waals surface area (Å²) in [7, 11) is 0. The summed E-state index contributed by atoms with van der Waals surface area (Å²) < 4.78 is 0. The van der Waals surface area contributed by atoms with E-state index in [1.807, 2.05) is 6.08 Å². The predicted molar refractivity (Wildman–Crippen MR) is 39.6 cm³/mol. The molecule has 0 aromatic carbocycles. The maximum Gasteiger partial charge on any atom is 0.140 e. The van der Waals surface area contributed by atoms with Crippen molar-refractivity contribution in [2.45, 2.75) is 25.7 Å². The molecule has 0 amide bonds. The second-order valence-corrected chi connectivity index (χ2v) is 3.32. The Labute approximate surface area is 61.1 Å². The summed E-state index contributed by atoms with van der Waals surface area (Å²) in [5.74, 6) is 1.65. The number of hydrogen-bond donors (Lipinski definition) is 0. The third kappa shape index (κ3) is 1.00. The molecule has 1 heteroatoms. The van der Waals surface area contributed by atoms with Gasteiger partial charge in [0.1, 0.15) is 5.78 Å². The number of ketones is 1. The highest BCUT2D eigenvalue weighted by molar-refractivity contribution is 5.84. The van der Waals surface area contributed by atoms with Gasteiger partial charge in [0, 0.05) is 12.3 Å². The highest BCUT2D eigenvalue weighted by Crippen LogP contribution is 2.40. The molecule has 0 aliphatic heterocycles. The fourth-order valence-corrected chi connectivity index (χ4v) is 1.68. The Kier molecular flexibility index (Phi) is 1.37. The van der Waals surface area contributed by atoms with Gasteiger partial charge in [-0.25, -0.2) is 0 Å². The summed E-state index contributed by atoms with van der Waals surface area (Å²) >= 11 is 0. The molecule has 0 aromatic heterocycles. The number of Topliss-reactive ketones (excluding diaryl/α,β-unsaturated/α-hetero) is 1. The normalized spacial score (nSPS) is 32.8. The molecular formula is C9H12O. The van der Waals surface area contributed by atoms with Crippen LogP contribution in [0.1, 0.15) is 25.7 Å². The van der Waals surface area contributed by atoms with Crippen LogP contribution in [0.2, 0.25) is 0 Å². The number of carbonyl (C=O) groups is 1. The van der Waals surface area contributed by atoms with Crippen molar-refractivity contribution in [3.8, 4) is 0 Å². The summed E-state index contributed by atoms with van der Waals surface area (Å²) in [5, 5.41) is 0. The molecular weight excluding hydrogens is 124 g/mol. The maximum atomic E-state index is 11.2. The zero-order chi connectivity index (χ0) is 6.97. The Bertz CT molecular complexity index is 177. The lowest BCUT2D eigenvalue weighted by atomic mass is 9.89. The van der Waals surface area contributed by atoms with Crippen molar-refractivity contribution in [3.63, 3.8) is 0 Å². The van der Waals surface area contributed by atoms with Gasteiger partial charge in [-0.2, -0.15) is 0 Å². The second-order valence-electron chi connectivity index (χ2n) is 3.32. The molecule has 0 bridgehead atoms. The van der Waals surface area contributed by atoms with E-state index in [0.29, 0.717) is 18.1 Å². The molecule has 10 heavy (non-hydrogen) atoms. The van der Waals surface area contributed by atoms with Crippen LogP contribution in [0.3, 0.4) is 0 Å². The van der Waals surface area contributed by atoms with Crippen molar-refractivity contribution >= 4 is 5.78 Å². The topological polar surface area (TPSA) is 17.1 Å². The van der Waals surface area contributed by atoms with Crippen LogP contribution < -0.4 is 0 Å². The van der Waals surface area contributed by atoms with E-state index in [0.717, 1.165) is 12.3 Å². The van der Waals surface area contributed by atoms with Crippen LogP contribution in [0.4, 0.5) is 0 Å². The highest BCUT2D eigenvalue weighted by atomic mass is 16.1. The molecule has 1 atom stereocenters. The smallest absolute Gasteiger partial charge is 0.140 e. The van der Waals surface area contributed by atoms with Crippen molar-refractivity contribution in [1.29, 1.82) is 0 Å². The van der Waals surface area contributed by atoms with Crippen molar-refractivity contribution in [2.24, 2.45) is 11.8 Å². The van der Waals surface area contributed by atoms with Crippen LogP contribution in [-0.2, 0) is 4.79 Å². The minimum Gasteiger partial charge on any atom is -0.299 e. The Morgan fingerprint density at radius 2 is 2.10 bits per heavy atom. The quantitative estimate of drug-likeness (QED) is 0.503. The Morgan fingerprint density at radius 1 is 1.30 bits per heavy atom. The first-order chi connectivity index (χ1) is 4.88. The molecule has 0 aromatic rings. The van der Waals surface area contributed by atoms with E-state index in [4.69, 9.17) is 0 Å². The van der Waals surface area contributed by atoms with Gasteiger partial charge in [0.15, 0.2) is 0 Å². The highest BCUT2D eigenvalue weighted by Gasteiger charge is 2.35. The van der Waals surface area contributed by atoms with Gasteiger partial charge < -0.3 is 0 Å². The monoisotopic (exact) mass is 136 g/mol. The standard InChI is InChI=1S/C9H12O/c10-9-4-2-1-3-8(9)7-5-6-7/h1-2,7-8H,3-6H2. The fourth-order valence-electron chi connectivity index (χ4n) is 1.68. The first-order valence-corrected chi connectivity index (χ1v) is 4.05. The van der Waals surface area contributed by atoms with Gasteiger partial charge >= 0.3 is 0 Å². The lowest BCUT2D eigenvalue weighted by Gasteiger charge is -2.14. The summed E-state index contributed by atoms with van der Waals surface area (Å²) in [4.78, 5) is 11.2. The van der Waals surface area contributed by atoms with Gasteiger partial charge in [-0.1, -0.05) is 12.2 Å². The van der Waals surface area contributed by atoms with Crippen LogP contribution in [0.15, 0.2) is 12.2 Å². The molecule has 0 N–H and O–H groups in total. The zero-order valence-corrected chi connectivity index (χ0v) is 6.05. The summed E-state index contributed by atoms with van der Waals surface area (Å²) in [6, 6.07) is 0. The Hall–Kier alpha value is -0.590. The first kappa shape index (κ1) is 6.14. The predicted octanol–water partition coefficient (Wildman–Crippen LogP) is 1.93. The second kappa shape index (κ2) is 2.22. The molecule has 1 fully saturated rings. The van der Waals surface area contributed by atoms with Crippen molar-refractivity contribution in [2.75, 3.05) is 0 Å². The molecule has 0 radical (unpaired) electrons. The van der Waals surface area contributed by atoms with E-state index in [9.17, 15) is 4.79 Å². The lowest BCUT2D eigenvalue weighted by molar-refractivity contribution is -0.122. The van der Waals surface area contributed by atoms with Gasteiger partial charge in [-0.15, -0.1) is 0 Å². The number of rotatable bonds is 1. The number of hydrogen-bond acceptors (Lipinski definition) is 1. The minimum atomic E-state index is 0.407. The van der Waals surface area contributed by atoms with Crippen molar-refractivity contribution in [3.05, 3.63) is 12.2 Å². The average molecular weight is 136 g/mol. The molecule has 2 aliphatic rings. The molecule has 0 saturated heterocycles. The van der Waals surface area contributed by atoms with Gasteiger partial charge in [-0.05, 0) is 25.2 Å². The average Bonchev–Trinajstić information content (AvgIpc) is 2.71. The molecule has 1 saturated carbocycles. The van der Waals surface area contributed by atoms with Crippen molar-refractivity contribution in [1.82, 2.24) is 0 Å². The SMILES string of the molecule is O=C1CC=CCC1C1CC1. The van der Waals surface area contributed by atoms with Crippen LogP contribution in [0, 0.1) is 11.8 Å². The third-order valence-corrected chi connectivity index (χ3v) is 2.48. The number of carbonyl (C=O) groups excluding carboxylic acids is 1. The largest absolute Gasteiger partial charge is 0.299 e. The summed E-state index contributed by atoms with van der Waals surface area (Å²) in [5.41, 5.74) is 0. The zero-order valence-electron chi connectivity index (χ0n) is 6.05. The molecule has 54 valence electrons. The van der Waals surface area contributed by atoms with Crippen LogP contribution in [0.25, 0.3) is 0 Å². The van der Waals surface area contributed by atoms with Crippen LogP contribution in [0.5, 0.6) is 0 Å². The lowest BCUT2D eigenvalue weighted by Crippen LogP contribution is -2.17. The van der Waals surface area contributed by atoms with E-state index < -0.39 is 0 Å². The minimum absolute atomic E-state index is 0.407. The van der Waals surface area contributed by atoms with Crippen molar-refractivity contribution < 1.29 is 4.79 Å². The summed E-state index contributed by atoms with van der Waals surface area (Å²) in [6.07, 6.45) is 8.46. The van der Waals surface area contributed by atoms with Gasteiger partial charge in [-0.3, -0.25) is 4.79 Å². The van der Waals surface area contributed by atoms with Gasteiger partial charge in [0.25, 0.3) is 0 Å². The van der Waals surface area contributed by atoms with E-state index in [-0.39, 0.29) is 0 Å². The first-order valence-electron chi connectivity index (χ1n) is 4.05. The fraction of sp³-hybridized carbons (Fsp3) is 0.667. The van der Waals surface area contributed by atoms with Crippen LogP contribution >= 0.6 is 0 Å². The van der Waals surface area contributed by atoms with E-state index >= 15 is 0 Å². The maximum absolute atomic E-state index is 11.2. The molecule has 1 unspecified atom stereocenters.